The van der Waals surface area contributed by atoms with E-state index in [9.17, 15) is 0 Å². The number of rotatable bonds is 4. The molecule has 0 aliphatic carbocycles. The van der Waals surface area contributed by atoms with Gasteiger partial charge in [-0.1, -0.05) is 0 Å². The van der Waals surface area contributed by atoms with Gasteiger partial charge in [-0.15, -0.1) is 0 Å². The highest BCUT2D eigenvalue weighted by Gasteiger charge is 2.00. The molecule has 1 rings (SSSR count). The SMILES string of the molecule is CNCCN(C)c1ccco1. The van der Waals surface area contributed by atoms with Gasteiger partial charge in [0.2, 0.25) is 0 Å². The fourth-order valence-electron chi connectivity index (χ4n) is 0.877. The highest BCUT2D eigenvalue weighted by Crippen LogP contribution is 2.10. The summed E-state index contributed by atoms with van der Waals surface area (Å²) in [6, 6.07) is 3.85. The Morgan fingerprint density at radius 1 is 1.64 bits per heavy atom. The van der Waals surface area contributed by atoms with E-state index in [4.69, 9.17) is 4.42 Å². The lowest BCUT2D eigenvalue weighted by molar-refractivity contribution is 0.553. The second-order valence-corrected chi connectivity index (χ2v) is 2.48. The van der Waals surface area contributed by atoms with Crippen molar-refractivity contribution in [2.45, 2.75) is 0 Å². The van der Waals surface area contributed by atoms with Crippen molar-refractivity contribution in [1.82, 2.24) is 5.32 Å². The summed E-state index contributed by atoms with van der Waals surface area (Å²) in [5.74, 6) is 0.917. The van der Waals surface area contributed by atoms with Crippen LogP contribution in [0.1, 0.15) is 0 Å². The number of anilines is 1. The normalized spacial score (nSPS) is 10.0. The van der Waals surface area contributed by atoms with Crippen LogP contribution in [0.4, 0.5) is 5.88 Å². The molecule has 0 bridgehead atoms. The third-order valence-electron chi connectivity index (χ3n) is 1.58. The number of hydrogen-bond donors (Lipinski definition) is 1. The van der Waals surface area contributed by atoms with Crippen molar-refractivity contribution in [2.24, 2.45) is 0 Å². The summed E-state index contributed by atoms with van der Waals surface area (Å²) >= 11 is 0. The predicted octanol–water partition coefficient (Wildman–Crippen LogP) is 0.935. The summed E-state index contributed by atoms with van der Waals surface area (Å²) < 4.78 is 5.19. The Bertz CT molecular complexity index is 184. The van der Waals surface area contributed by atoms with Crippen LogP contribution in [-0.4, -0.2) is 27.2 Å². The van der Waals surface area contributed by atoms with E-state index in [0.29, 0.717) is 0 Å². The van der Waals surface area contributed by atoms with Gasteiger partial charge in [-0.3, -0.25) is 0 Å². The van der Waals surface area contributed by atoms with E-state index in [-0.39, 0.29) is 0 Å². The third-order valence-corrected chi connectivity index (χ3v) is 1.58. The number of nitrogens with one attached hydrogen (secondary N) is 1. The standard InChI is InChI=1S/C8H14N2O/c1-9-5-6-10(2)8-4-3-7-11-8/h3-4,7,9H,5-6H2,1-2H3. The van der Waals surface area contributed by atoms with E-state index >= 15 is 0 Å². The third kappa shape index (κ3) is 2.27. The number of hydrogen-bond acceptors (Lipinski definition) is 3. The molecule has 0 saturated heterocycles. The predicted molar refractivity (Wildman–Crippen MR) is 45.9 cm³/mol. The van der Waals surface area contributed by atoms with Crippen LogP contribution >= 0.6 is 0 Å². The van der Waals surface area contributed by atoms with Crippen LogP contribution in [0, 0.1) is 0 Å². The highest BCUT2D eigenvalue weighted by molar-refractivity contribution is 5.32. The molecular weight excluding hydrogens is 140 g/mol. The van der Waals surface area contributed by atoms with Gasteiger partial charge in [0.25, 0.3) is 0 Å². The molecule has 3 heteroatoms. The Labute approximate surface area is 67.0 Å². The van der Waals surface area contributed by atoms with E-state index < -0.39 is 0 Å². The lowest BCUT2D eigenvalue weighted by atomic mass is 10.5. The highest BCUT2D eigenvalue weighted by atomic mass is 16.3. The van der Waals surface area contributed by atoms with Crippen LogP contribution in [-0.2, 0) is 0 Å². The van der Waals surface area contributed by atoms with Crippen molar-refractivity contribution in [1.29, 1.82) is 0 Å². The maximum atomic E-state index is 5.19. The zero-order valence-corrected chi connectivity index (χ0v) is 7.00. The average Bonchev–Trinajstić information content (AvgIpc) is 2.52. The van der Waals surface area contributed by atoms with E-state index in [1.165, 1.54) is 0 Å². The minimum atomic E-state index is 0.917. The minimum absolute atomic E-state index is 0.917. The Hall–Kier alpha value is -0.960. The lowest BCUT2D eigenvalue weighted by Gasteiger charge is -2.14. The van der Waals surface area contributed by atoms with Gasteiger partial charge in [-0.25, -0.2) is 0 Å². The summed E-state index contributed by atoms with van der Waals surface area (Å²) in [5.41, 5.74) is 0. The number of nitrogens with zero attached hydrogens (tertiary/aromatic N) is 1. The molecule has 1 aromatic rings. The molecule has 0 fully saturated rings. The second-order valence-electron chi connectivity index (χ2n) is 2.48. The summed E-state index contributed by atoms with van der Waals surface area (Å²) in [6.07, 6.45) is 1.69. The molecule has 3 nitrogen and oxygen atoms in total. The molecule has 0 atom stereocenters. The van der Waals surface area contributed by atoms with E-state index in [0.717, 1.165) is 19.0 Å². The lowest BCUT2D eigenvalue weighted by Crippen LogP contribution is -2.26. The first-order valence-corrected chi connectivity index (χ1v) is 3.74. The first kappa shape index (κ1) is 8.14. The maximum Gasteiger partial charge on any atom is 0.194 e. The van der Waals surface area contributed by atoms with Crippen LogP contribution in [0.3, 0.4) is 0 Å². The monoisotopic (exact) mass is 154 g/mol. The summed E-state index contributed by atoms with van der Waals surface area (Å²) in [7, 11) is 3.95. The molecule has 0 aliphatic heterocycles. The summed E-state index contributed by atoms with van der Waals surface area (Å²) in [5, 5.41) is 3.08. The average molecular weight is 154 g/mol. The van der Waals surface area contributed by atoms with Gasteiger partial charge in [0.1, 0.15) is 0 Å². The van der Waals surface area contributed by atoms with E-state index in [2.05, 4.69) is 10.2 Å². The van der Waals surface area contributed by atoms with Crippen molar-refractivity contribution in [3.8, 4) is 0 Å². The van der Waals surface area contributed by atoms with Crippen molar-refractivity contribution >= 4 is 5.88 Å². The van der Waals surface area contributed by atoms with E-state index in [1.807, 2.05) is 26.2 Å². The summed E-state index contributed by atoms with van der Waals surface area (Å²) in [4.78, 5) is 2.07. The molecule has 0 aliphatic rings. The van der Waals surface area contributed by atoms with Crippen molar-refractivity contribution in [3.05, 3.63) is 18.4 Å². The second kappa shape index (κ2) is 4.03. The molecule has 1 aromatic heterocycles. The topological polar surface area (TPSA) is 28.4 Å². The Morgan fingerprint density at radius 3 is 3.00 bits per heavy atom. The molecule has 11 heavy (non-hydrogen) atoms. The van der Waals surface area contributed by atoms with Crippen molar-refractivity contribution in [3.63, 3.8) is 0 Å². The van der Waals surface area contributed by atoms with Crippen molar-refractivity contribution in [2.75, 3.05) is 32.1 Å². The van der Waals surface area contributed by atoms with Gasteiger partial charge in [0.05, 0.1) is 6.26 Å². The summed E-state index contributed by atoms with van der Waals surface area (Å²) in [6.45, 7) is 1.93. The van der Waals surface area contributed by atoms with Gasteiger partial charge in [0.15, 0.2) is 5.88 Å². The minimum Gasteiger partial charge on any atom is -0.449 e. The first-order valence-electron chi connectivity index (χ1n) is 3.74. The molecular formula is C8H14N2O. The van der Waals surface area contributed by atoms with Crippen LogP contribution in [0.15, 0.2) is 22.8 Å². The van der Waals surface area contributed by atoms with Crippen molar-refractivity contribution < 1.29 is 4.42 Å². The molecule has 1 N–H and O–H groups in total. The van der Waals surface area contributed by atoms with Gasteiger partial charge in [-0.2, -0.15) is 0 Å². The molecule has 0 saturated carbocycles. The zero-order chi connectivity index (χ0) is 8.10. The fraction of sp³-hybridized carbons (Fsp3) is 0.500. The molecule has 0 spiro atoms. The van der Waals surface area contributed by atoms with Gasteiger partial charge >= 0.3 is 0 Å². The molecule has 1 heterocycles. The molecule has 0 radical (unpaired) electrons. The molecule has 0 unspecified atom stereocenters. The quantitative estimate of drug-likeness (QED) is 0.699. The molecule has 0 amide bonds. The van der Waals surface area contributed by atoms with Crippen LogP contribution in [0.5, 0.6) is 0 Å². The van der Waals surface area contributed by atoms with Crippen LogP contribution in [0.2, 0.25) is 0 Å². The Morgan fingerprint density at radius 2 is 2.45 bits per heavy atom. The van der Waals surface area contributed by atoms with Gasteiger partial charge in [0, 0.05) is 26.2 Å². The van der Waals surface area contributed by atoms with Crippen LogP contribution < -0.4 is 10.2 Å². The smallest absolute Gasteiger partial charge is 0.194 e. The fourth-order valence-corrected chi connectivity index (χ4v) is 0.877. The largest absolute Gasteiger partial charge is 0.449 e. The zero-order valence-electron chi connectivity index (χ0n) is 7.00. The maximum absolute atomic E-state index is 5.19. The Kier molecular flexibility index (Phi) is 2.98. The number of furan rings is 1. The molecule has 62 valence electrons. The molecule has 0 aromatic carbocycles. The van der Waals surface area contributed by atoms with Gasteiger partial charge < -0.3 is 14.6 Å². The first-order chi connectivity index (χ1) is 5.34. The van der Waals surface area contributed by atoms with Gasteiger partial charge in [-0.05, 0) is 13.1 Å². The van der Waals surface area contributed by atoms with E-state index in [1.54, 1.807) is 6.26 Å². The number of likely N-dealkylation sites (N-methyl/N-ethyl adjacent to an activating group) is 2. The Balaban J connectivity index is 2.36. The van der Waals surface area contributed by atoms with Crippen LogP contribution in [0.25, 0.3) is 0 Å².